The largest absolute Gasteiger partial charge is 0.379 e. The summed E-state index contributed by atoms with van der Waals surface area (Å²) in [5, 5.41) is 1.81. The van der Waals surface area contributed by atoms with Crippen LogP contribution in [-0.2, 0) is 4.74 Å². The second kappa shape index (κ2) is 6.55. The van der Waals surface area contributed by atoms with Crippen molar-refractivity contribution in [1.29, 1.82) is 0 Å². The molecule has 1 aromatic carbocycles. The molecule has 4 rings (SSSR count). The molecule has 0 saturated carbocycles. The SMILES string of the molecule is Clc1cc(Br)cc2c(N3CCC(N4CCOCC4)C3)ccnc12. The first kappa shape index (κ1) is 15.6. The third kappa shape index (κ3) is 3.07. The molecule has 0 spiro atoms. The van der Waals surface area contributed by atoms with Gasteiger partial charge in [-0.05, 0) is 24.6 Å². The molecule has 0 aliphatic carbocycles. The number of benzene rings is 1. The summed E-state index contributed by atoms with van der Waals surface area (Å²) < 4.78 is 6.47. The first-order valence-corrected chi connectivity index (χ1v) is 9.20. The molecule has 0 N–H and O–H groups in total. The second-order valence-electron chi connectivity index (χ2n) is 6.15. The number of fused-ring (bicyclic) bond motifs is 1. The number of morpholine rings is 1. The number of hydrogen-bond acceptors (Lipinski definition) is 4. The normalized spacial score (nSPS) is 22.9. The molecule has 1 atom stereocenters. The van der Waals surface area contributed by atoms with Gasteiger partial charge in [0.2, 0.25) is 0 Å². The van der Waals surface area contributed by atoms with E-state index in [-0.39, 0.29) is 0 Å². The van der Waals surface area contributed by atoms with E-state index in [0.29, 0.717) is 11.1 Å². The van der Waals surface area contributed by atoms with Crippen LogP contribution >= 0.6 is 27.5 Å². The van der Waals surface area contributed by atoms with E-state index in [1.54, 1.807) is 0 Å². The third-order valence-corrected chi connectivity index (χ3v) is 5.55. The standard InChI is InChI=1S/C17H19BrClN3O/c18-12-9-14-16(1-3-20-17(14)15(19)10-12)22-4-2-13(11-22)21-5-7-23-8-6-21/h1,3,9-10,13H,2,4-8,11H2. The van der Waals surface area contributed by atoms with Crippen molar-refractivity contribution in [2.75, 3.05) is 44.3 Å². The highest BCUT2D eigenvalue weighted by molar-refractivity contribution is 9.10. The summed E-state index contributed by atoms with van der Waals surface area (Å²) in [6, 6.07) is 6.74. The van der Waals surface area contributed by atoms with E-state index in [1.807, 2.05) is 12.3 Å². The Labute approximate surface area is 149 Å². The Morgan fingerprint density at radius 2 is 2.04 bits per heavy atom. The summed E-state index contributed by atoms with van der Waals surface area (Å²) in [5.74, 6) is 0. The number of ether oxygens (including phenoxy) is 1. The van der Waals surface area contributed by atoms with Crippen molar-refractivity contribution in [3.63, 3.8) is 0 Å². The number of anilines is 1. The Bertz CT molecular complexity index is 720. The Balaban J connectivity index is 1.62. The maximum absolute atomic E-state index is 6.36. The van der Waals surface area contributed by atoms with Crippen molar-refractivity contribution in [1.82, 2.24) is 9.88 Å². The van der Waals surface area contributed by atoms with Crippen molar-refractivity contribution in [2.45, 2.75) is 12.5 Å². The maximum Gasteiger partial charge on any atom is 0.0909 e. The Morgan fingerprint density at radius 3 is 2.87 bits per heavy atom. The van der Waals surface area contributed by atoms with Gasteiger partial charge in [-0.3, -0.25) is 9.88 Å². The lowest BCUT2D eigenvalue weighted by Crippen LogP contribution is -2.44. The molecule has 2 fully saturated rings. The Morgan fingerprint density at radius 1 is 1.22 bits per heavy atom. The van der Waals surface area contributed by atoms with Gasteiger partial charge in [0.25, 0.3) is 0 Å². The van der Waals surface area contributed by atoms with E-state index in [1.165, 1.54) is 12.1 Å². The zero-order chi connectivity index (χ0) is 15.8. The lowest BCUT2D eigenvalue weighted by Gasteiger charge is -2.32. The van der Waals surface area contributed by atoms with Crippen molar-refractivity contribution in [2.24, 2.45) is 0 Å². The minimum atomic E-state index is 0.616. The molecule has 122 valence electrons. The predicted molar refractivity (Wildman–Crippen MR) is 97.5 cm³/mol. The predicted octanol–water partition coefficient (Wildman–Crippen LogP) is 3.56. The van der Waals surface area contributed by atoms with Gasteiger partial charge in [-0.1, -0.05) is 27.5 Å². The van der Waals surface area contributed by atoms with Crippen molar-refractivity contribution >= 4 is 44.1 Å². The first-order valence-electron chi connectivity index (χ1n) is 8.03. The minimum absolute atomic E-state index is 0.616. The molecular weight excluding hydrogens is 378 g/mol. The molecule has 23 heavy (non-hydrogen) atoms. The van der Waals surface area contributed by atoms with Crippen LogP contribution in [0.4, 0.5) is 5.69 Å². The van der Waals surface area contributed by atoms with Crippen molar-refractivity contribution < 1.29 is 4.74 Å². The highest BCUT2D eigenvalue weighted by atomic mass is 79.9. The van der Waals surface area contributed by atoms with Gasteiger partial charge >= 0.3 is 0 Å². The Hall–Kier alpha value is -0.880. The highest BCUT2D eigenvalue weighted by Crippen LogP contribution is 2.34. The highest BCUT2D eigenvalue weighted by Gasteiger charge is 2.29. The van der Waals surface area contributed by atoms with Gasteiger partial charge in [-0.25, -0.2) is 0 Å². The summed E-state index contributed by atoms with van der Waals surface area (Å²) in [4.78, 5) is 9.49. The van der Waals surface area contributed by atoms with Crippen molar-refractivity contribution in [3.8, 4) is 0 Å². The van der Waals surface area contributed by atoms with Gasteiger partial charge in [-0.15, -0.1) is 0 Å². The fourth-order valence-corrected chi connectivity index (χ4v) is 4.50. The van der Waals surface area contributed by atoms with Crippen LogP contribution in [0.3, 0.4) is 0 Å². The van der Waals surface area contributed by atoms with Crippen LogP contribution in [0.5, 0.6) is 0 Å². The van der Waals surface area contributed by atoms with Crippen LogP contribution in [-0.4, -0.2) is 55.3 Å². The van der Waals surface area contributed by atoms with Crippen molar-refractivity contribution in [3.05, 3.63) is 33.9 Å². The smallest absolute Gasteiger partial charge is 0.0909 e. The average Bonchev–Trinajstić information content (AvgIpc) is 3.05. The molecule has 2 aliphatic rings. The average molecular weight is 397 g/mol. The summed E-state index contributed by atoms with van der Waals surface area (Å²) in [6.07, 6.45) is 3.06. The van der Waals surface area contributed by atoms with E-state index in [2.05, 4.69) is 42.8 Å². The van der Waals surface area contributed by atoms with Gasteiger partial charge in [0, 0.05) is 54.0 Å². The number of hydrogen-bond donors (Lipinski definition) is 0. The minimum Gasteiger partial charge on any atom is -0.379 e. The van der Waals surface area contributed by atoms with Crippen LogP contribution in [0.1, 0.15) is 6.42 Å². The van der Waals surface area contributed by atoms with Crippen LogP contribution < -0.4 is 4.90 Å². The quantitative estimate of drug-likeness (QED) is 0.776. The van der Waals surface area contributed by atoms with E-state index in [0.717, 1.165) is 54.8 Å². The molecule has 3 heterocycles. The lowest BCUT2D eigenvalue weighted by molar-refractivity contribution is 0.0209. The van der Waals surface area contributed by atoms with Crippen LogP contribution in [0, 0.1) is 0 Å². The van der Waals surface area contributed by atoms with Crippen LogP contribution in [0.2, 0.25) is 5.02 Å². The topological polar surface area (TPSA) is 28.6 Å². The third-order valence-electron chi connectivity index (χ3n) is 4.81. The van der Waals surface area contributed by atoms with E-state index < -0.39 is 0 Å². The fourth-order valence-electron chi connectivity index (χ4n) is 3.64. The van der Waals surface area contributed by atoms with Gasteiger partial charge in [0.1, 0.15) is 0 Å². The number of aromatic nitrogens is 1. The number of nitrogens with zero attached hydrogens (tertiary/aromatic N) is 3. The fraction of sp³-hybridized carbons (Fsp3) is 0.471. The zero-order valence-electron chi connectivity index (χ0n) is 12.8. The maximum atomic E-state index is 6.36. The first-order chi connectivity index (χ1) is 11.2. The number of rotatable bonds is 2. The molecule has 2 saturated heterocycles. The number of halogens is 2. The second-order valence-corrected chi connectivity index (χ2v) is 7.47. The van der Waals surface area contributed by atoms with E-state index >= 15 is 0 Å². The van der Waals surface area contributed by atoms with E-state index in [9.17, 15) is 0 Å². The molecule has 6 heteroatoms. The molecular formula is C17H19BrClN3O. The molecule has 0 radical (unpaired) electrons. The summed E-state index contributed by atoms with van der Waals surface area (Å²) >= 11 is 9.91. The summed E-state index contributed by atoms with van der Waals surface area (Å²) in [6.45, 7) is 5.95. The van der Waals surface area contributed by atoms with Gasteiger partial charge in [0.05, 0.1) is 23.8 Å². The van der Waals surface area contributed by atoms with Crippen LogP contribution in [0.15, 0.2) is 28.9 Å². The summed E-state index contributed by atoms with van der Waals surface area (Å²) in [5.41, 5.74) is 2.11. The molecule has 1 aromatic heterocycles. The molecule has 2 aliphatic heterocycles. The molecule has 1 unspecified atom stereocenters. The van der Waals surface area contributed by atoms with Crippen LogP contribution in [0.25, 0.3) is 10.9 Å². The molecule has 0 bridgehead atoms. The molecule has 4 nitrogen and oxygen atoms in total. The monoisotopic (exact) mass is 395 g/mol. The zero-order valence-corrected chi connectivity index (χ0v) is 15.2. The van der Waals surface area contributed by atoms with E-state index in [4.69, 9.17) is 16.3 Å². The molecule has 0 amide bonds. The number of pyridine rings is 1. The summed E-state index contributed by atoms with van der Waals surface area (Å²) in [7, 11) is 0. The lowest BCUT2D eigenvalue weighted by atomic mass is 10.1. The Kier molecular flexibility index (Phi) is 4.46. The molecule has 2 aromatic rings. The van der Waals surface area contributed by atoms with Gasteiger partial charge in [0.15, 0.2) is 0 Å². The van der Waals surface area contributed by atoms with Gasteiger partial charge < -0.3 is 9.64 Å². The van der Waals surface area contributed by atoms with Gasteiger partial charge in [-0.2, -0.15) is 0 Å².